The molecule has 0 saturated heterocycles. The first-order valence-electron chi connectivity index (χ1n) is 9.15. The van der Waals surface area contributed by atoms with E-state index in [1.54, 1.807) is 18.2 Å². The van der Waals surface area contributed by atoms with E-state index in [2.05, 4.69) is 5.32 Å². The van der Waals surface area contributed by atoms with Crippen LogP contribution in [0.3, 0.4) is 0 Å². The first-order chi connectivity index (χ1) is 13.9. The second-order valence-electron chi connectivity index (χ2n) is 7.00. The molecular weight excluding hydrogens is 387 g/mol. The molecule has 5 heteroatoms. The summed E-state index contributed by atoms with van der Waals surface area (Å²) in [5.41, 5.74) is 5.40. The van der Waals surface area contributed by atoms with Crippen molar-refractivity contribution in [3.05, 3.63) is 94.3 Å². The Hall–Kier alpha value is -3.24. The zero-order valence-corrected chi connectivity index (χ0v) is 16.7. The van der Waals surface area contributed by atoms with Gasteiger partial charge in [-0.05, 0) is 67.9 Å². The van der Waals surface area contributed by atoms with Crippen LogP contribution in [0.1, 0.15) is 21.5 Å². The average Bonchev–Trinajstić information content (AvgIpc) is 2.69. The topological polar surface area (TPSA) is 42.0 Å². The van der Waals surface area contributed by atoms with E-state index in [4.69, 9.17) is 16.6 Å². The Balaban J connectivity index is 1.86. The van der Waals surface area contributed by atoms with E-state index >= 15 is 0 Å². The Morgan fingerprint density at radius 3 is 2.34 bits per heavy atom. The molecule has 1 amide bonds. The predicted molar refractivity (Wildman–Crippen MR) is 116 cm³/mol. The van der Waals surface area contributed by atoms with E-state index in [1.165, 1.54) is 24.3 Å². The molecule has 0 aliphatic heterocycles. The van der Waals surface area contributed by atoms with Crippen LogP contribution in [0.15, 0.2) is 66.7 Å². The second kappa shape index (κ2) is 7.64. The SMILES string of the molecule is Cc1cc(C)c2nc(-c3ccc(Cl)cc3)cc(C(=O)Nc3ccc(F)cc3)c2c1. The minimum absolute atomic E-state index is 0.274. The highest BCUT2D eigenvalue weighted by atomic mass is 35.5. The van der Waals surface area contributed by atoms with Gasteiger partial charge in [-0.3, -0.25) is 4.79 Å². The van der Waals surface area contributed by atoms with Crippen LogP contribution in [0, 0.1) is 19.7 Å². The van der Waals surface area contributed by atoms with Gasteiger partial charge in [-0.25, -0.2) is 9.37 Å². The maximum absolute atomic E-state index is 13.2. The van der Waals surface area contributed by atoms with E-state index in [9.17, 15) is 9.18 Å². The van der Waals surface area contributed by atoms with Crippen LogP contribution in [-0.4, -0.2) is 10.9 Å². The largest absolute Gasteiger partial charge is 0.322 e. The van der Waals surface area contributed by atoms with Crippen molar-refractivity contribution < 1.29 is 9.18 Å². The highest BCUT2D eigenvalue weighted by molar-refractivity contribution is 6.30. The predicted octanol–water partition coefficient (Wildman–Crippen LogP) is 6.56. The molecule has 144 valence electrons. The summed E-state index contributed by atoms with van der Waals surface area (Å²) in [5, 5.41) is 4.26. The number of carbonyl (C=O) groups excluding carboxylic acids is 1. The van der Waals surface area contributed by atoms with E-state index in [1.807, 2.05) is 38.1 Å². The van der Waals surface area contributed by atoms with Gasteiger partial charge in [0.25, 0.3) is 5.91 Å². The molecule has 4 rings (SSSR count). The summed E-state index contributed by atoms with van der Waals surface area (Å²) in [5.74, 6) is -0.627. The number of fused-ring (bicyclic) bond motifs is 1. The van der Waals surface area contributed by atoms with Gasteiger partial charge in [0, 0.05) is 21.7 Å². The molecule has 0 fully saturated rings. The molecule has 0 unspecified atom stereocenters. The van der Waals surface area contributed by atoms with Crippen LogP contribution in [0.4, 0.5) is 10.1 Å². The van der Waals surface area contributed by atoms with Gasteiger partial charge in [0.15, 0.2) is 0 Å². The number of carbonyl (C=O) groups is 1. The standard InChI is InChI=1S/C24H18ClFN2O/c1-14-11-15(2)23-20(12-14)21(24(29)27-19-9-7-18(26)8-10-19)13-22(28-23)16-3-5-17(25)6-4-16/h3-13H,1-2H3,(H,27,29). The first kappa shape index (κ1) is 19.1. The van der Waals surface area contributed by atoms with Gasteiger partial charge in [0.2, 0.25) is 0 Å². The quantitative estimate of drug-likeness (QED) is 0.420. The number of amides is 1. The minimum atomic E-state index is -0.353. The van der Waals surface area contributed by atoms with E-state index in [-0.39, 0.29) is 11.7 Å². The van der Waals surface area contributed by atoms with E-state index in [0.717, 1.165) is 27.6 Å². The Bertz CT molecular complexity index is 1220. The number of hydrogen-bond donors (Lipinski definition) is 1. The molecule has 1 N–H and O–H groups in total. The number of anilines is 1. The first-order valence-corrected chi connectivity index (χ1v) is 9.53. The molecule has 1 heterocycles. The van der Waals surface area contributed by atoms with Crippen molar-refractivity contribution in [2.75, 3.05) is 5.32 Å². The normalized spacial score (nSPS) is 10.9. The highest BCUT2D eigenvalue weighted by Gasteiger charge is 2.16. The van der Waals surface area contributed by atoms with Crippen LogP contribution in [0.2, 0.25) is 5.02 Å². The molecule has 3 nitrogen and oxygen atoms in total. The van der Waals surface area contributed by atoms with E-state index in [0.29, 0.717) is 22.0 Å². The van der Waals surface area contributed by atoms with Crippen LogP contribution < -0.4 is 5.32 Å². The number of pyridine rings is 1. The Morgan fingerprint density at radius 2 is 1.66 bits per heavy atom. The van der Waals surface area contributed by atoms with Crippen molar-refractivity contribution in [3.63, 3.8) is 0 Å². The third kappa shape index (κ3) is 3.98. The molecule has 1 aromatic heterocycles. The summed E-state index contributed by atoms with van der Waals surface area (Å²) in [7, 11) is 0. The van der Waals surface area contributed by atoms with Gasteiger partial charge in [-0.2, -0.15) is 0 Å². The second-order valence-corrected chi connectivity index (χ2v) is 7.44. The van der Waals surface area contributed by atoms with Gasteiger partial charge in [-0.15, -0.1) is 0 Å². The fraction of sp³-hybridized carbons (Fsp3) is 0.0833. The van der Waals surface area contributed by atoms with Crippen LogP contribution in [-0.2, 0) is 0 Å². The molecule has 0 saturated carbocycles. The third-order valence-electron chi connectivity index (χ3n) is 4.74. The fourth-order valence-electron chi connectivity index (χ4n) is 3.37. The third-order valence-corrected chi connectivity index (χ3v) is 4.99. The summed E-state index contributed by atoms with van der Waals surface area (Å²) in [4.78, 5) is 17.9. The van der Waals surface area contributed by atoms with Crippen molar-refractivity contribution in [2.24, 2.45) is 0 Å². The van der Waals surface area contributed by atoms with Gasteiger partial charge in [0.1, 0.15) is 5.82 Å². The number of aromatic nitrogens is 1. The molecule has 4 aromatic rings. The number of rotatable bonds is 3. The molecule has 0 bridgehead atoms. The van der Waals surface area contributed by atoms with Crippen molar-refractivity contribution in [1.82, 2.24) is 4.98 Å². The molecule has 0 spiro atoms. The lowest BCUT2D eigenvalue weighted by Gasteiger charge is -2.13. The molecule has 0 aliphatic rings. The lowest BCUT2D eigenvalue weighted by atomic mass is 9.99. The number of hydrogen-bond acceptors (Lipinski definition) is 2. The summed E-state index contributed by atoms with van der Waals surface area (Å²) in [6, 6.07) is 18.8. The van der Waals surface area contributed by atoms with Crippen molar-refractivity contribution in [1.29, 1.82) is 0 Å². The van der Waals surface area contributed by atoms with Crippen LogP contribution in [0.5, 0.6) is 0 Å². The lowest BCUT2D eigenvalue weighted by Crippen LogP contribution is -2.13. The van der Waals surface area contributed by atoms with Gasteiger partial charge >= 0.3 is 0 Å². The summed E-state index contributed by atoms with van der Waals surface area (Å²) >= 11 is 6.01. The minimum Gasteiger partial charge on any atom is -0.322 e. The van der Waals surface area contributed by atoms with Crippen LogP contribution in [0.25, 0.3) is 22.2 Å². The molecule has 0 aliphatic carbocycles. The Kier molecular flexibility index (Phi) is 5.03. The zero-order chi connectivity index (χ0) is 20.5. The molecule has 0 radical (unpaired) electrons. The smallest absolute Gasteiger partial charge is 0.256 e. The monoisotopic (exact) mass is 404 g/mol. The molecule has 29 heavy (non-hydrogen) atoms. The number of benzene rings is 3. The maximum Gasteiger partial charge on any atom is 0.256 e. The molecular formula is C24H18ClFN2O. The number of halogens is 2. The molecule has 0 atom stereocenters. The molecule has 3 aromatic carbocycles. The maximum atomic E-state index is 13.2. The Labute approximate surface area is 173 Å². The van der Waals surface area contributed by atoms with Gasteiger partial charge in [-0.1, -0.05) is 35.4 Å². The Morgan fingerprint density at radius 1 is 0.966 bits per heavy atom. The van der Waals surface area contributed by atoms with Gasteiger partial charge < -0.3 is 5.32 Å². The summed E-state index contributed by atoms with van der Waals surface area (Å²) in [6.45, 7) is 3.97. The number of nitrogens with one attached hydrogen (secondary N) is 1. The number of aryl methyl sites for hydroxylation is 2. The van der Waals surface area contributed by atoms with Crippen molar-refractivity contribution in [3.8, 4) is 11.3 Å². The van der Waals surface area contributed by atoms with Crippen molar-refractivity contribution in [2.45, 2.75) is 13.8 Å². The average molecular weight is 405 g/mol. The highest BCUT2D eigenvalue weighted by Crippen LogP contribution is 2.29. The van der Waals surface area contributed by atoms with Crippen LogP contribution >= 0.6 is 11.6 Å². The zero-order valence-electron chi connectivity index (χ0n) is 16.0. The lowest BCUT2D eigenvalue weighted by molar-refractivity contribution is 0.102. The summed E-state index contributed by atoms with van der Waals surface area (Å²) < 4.78 is 13.2. The number of nitrogens with zero attached hydrogens (tertiary/aromatic N) is 1. The fourth-order valence-corrected chi connectivity index (χ4v) is 3.49. The van der Waals surface area contributed by atoms with Crippen molar-refractivity contribution >= 4 is 34.1 Å². The van der Waals surface area contributed by atoms with E-state index < -0.39 is 0 Å². The summed E-state index contributed by atoms with van der Waals surface area (Å²) in [6.07, 6.45) is 0. The van der Waals surface area contributed by atoms with Gasteiger partial charge in [0.05, 0.1) is 16.8 Å².